The van der Waals surface area contributed by atoms with Gasteiger partial charge in [0, 0.05) is 32.0 Å². The van der Waals surface area contributed by atoms with E-state index in [1.165, 1.54) is 36.5 Å². The number of nitrogens with one attached hydrogen (secondary N) is 1. The van der Waals surface area contributed by atoms with Gasteiger partial charge < -0.3 is 4.57 Å². The Bertz CT molecular complexity index is 1650. The molecule has 4 rings (SSSR count). The van der Waals surface area contributed by atoms with Crippen LogP contribution in [0.2, 0.25) is 20.1 Å². The zero-order valence-corrected chi connectivity index (χ0v) is 24.5. The largest absolute Gasteiger partial charge is 0.316 e. The Balaban J connectivity index is 1.58. The van der Waals surface area contributed by atoms with Crippen LogP contribution in [-0.4, -0.2) is 31.7 Å². The molecule has 0 atom stereocenters. The lowest BCUT2D eigenvalue weighted by Crippen LogP contribution is -2.39. The number of hydrogen-bond donors (Lipinski definition) is 1. The molecule has 0 saturated heterocycles. The molecule has 0 radical (unpaired) electrons. The molecule has 0 spiro atoms. The number of amides is 1. The minimum absolute atomic E-state index is 0.00528. The van der Waals surface area contributed by atoms with Crippen LogP contribution < -0.4 is 9.73 Å². The monoisotopic (exact) mass is 622 g/mol. The van der Waals surface area contributed by atoms with E-state index in [0.29, 0.717) is 10.0 Å². The lowest BCUT2D eigenvalue weighted by Gasteiger charge is -2.24. The van der Waals surface area contributed by atoms with Crippen molar-refractivity contribution in [3.63, 3.8) is 0 Å². The summed E-state index contributed by atoms with van der Waals surface area (Å²) >= 11 is 24.7. The van der Waals surface area contributed by atoms with Gasteiger partial charge in [0.05, 0.1) is 27.5 Å². The third-order valence-corrected chi connectivity index (χ3v) is 8.53. The summed E-state index contributed by atoms with van der Waals surface area (Å²) in [6, 6.07) is 19.2. The molecule has 0 aliphatic heterocycles. The van der Waals surface area contributed by atoms with E-state index in [1.54, 1.807) is 30.3 Å². The van der Waals surface area contributed by atoms with Crippen molar-refractivity contribution in [3.05, 3.63) is 110 Å². The van der Waals surface area contributed by atoms with Crippen LogP contribution in [0.4, 0.5) is 5.69 Å². The van der Waals surface area contributed by atoms with E-state index in [1.807, 2.05) is 30.5 Å². The smallest absolute Gasteiger partial charge is 0.264 e. The van der Waals surface area contributed by atoms with E-state index in [0.717, 1.165) is 26.9 Å². The van der Waals surface area contributed by atoms with Crippen molar-refractivity contribution in [2.24, 2.45) is 5.10 Å². The van der Waals surface area contributed by atoms with E-state index in [-0.39, 0.29) is 20.6 Å². The first-order chi connectivity index (χ1) is 18.5. The van der Waals surface area contributed by atoms with Crippen LogP contribution in [0.5, 0.6) is 0 Å². The highest BCUT2D eigenvalue weighted by Crippen LogP contribution is 2.30. The van der Waals surface area contributed by atoms with Crippen molar-refractivity contribution in [3.8, 4) is 5.69 Å². The van der Waals surface area contributed by atoms with E-state index < -0.39 is 22.5 Å². The summed E-state index contributed by atoms with van der Waals surface area (Å²) in [5, 5.41) is 5.52. The standard InChI is InChI=1S/C27H22Cl4N4O3S/c1-17-10-19(18(2)35(17)26-9-8-20(28)14-25(26)31)15-32-33-27(36)16-34(23-12-21(29)11-22(30)13-23)39(37,38)24-6-4-3-5-7-24/h3-15H,16H2,1-2H3,(H,33,36)/b32-15-. The van der Waals surface area contributed by atoms with Gasteiger partial charge in [0.1, 0.15) is 6.54 Å². The highest BCUT2D eigenvalue weighted by Gasteiger charge is 2.27. The van der Waals surface area contributed by atoms with Crippen LogP contribution >= 0.6 is 46.4 Å². The lowest BCUT2D eigenvalue weighted by molar-refractivity contribution is -0.119. The quantitative estimate of drug-likeness (QED) is 0.169. The summed E-state index contributed by atoms with van der Waals surface area (Å²) in [6.45, 7) is 3.24. The molecular weight excluding hydrogens is 602 g/mol. The van der Waals surface area contributed by atoms with Crippen LogP contribution in [0, 0.1) is 13.8 Å². The molecule has 0 unspecified atom stereocenters. The molecule has 7 nitrogen and oxygen atoms in total. The maximum atomic E-state index is 13.5. The van der Waals surface area contributed by atoms with Crippen LogP contribution in [0.25, 0.3) is 5.69 Å². The first-order valence-corrected chi connectivity index (χ1v) is 14.4. The second-order valence-electron chi connectivity index (χ2n) is 8.50. The normalized spacial score (nSPS) is 11.6. The highest BCUT2D eigenvalue weighted by molar-refractivity contribution is 7.92. The molecule has 3 aromatic carbocycles. The van der Waals surface area contributed by atoms with Crippen LogP contribution in [0.1, 0.15) is 17.0 Å². The summed E-state index contributed by atoms with van der Waals surface area (Å²) in [6.07, 6.45) is 1.48. The van der Waals surface area contributed by atoms with E-state index >= 15 is 0 Å². The average molecular weight is 624 g/mol. The molecule has 0 saturated carbocycles. The number of halogens is 4. The fourth-order valence-corrected chi connectivity index (χ4v) is 6.44. The number of rotatable bonds is 8. The topological polar surface area (TPSA) is 83.8 Å². The van der Waals surface area contributed by atoms with Gasteiger partial charge in [0.25, 0.3) is 15.9 Å². The van der Waals surface area contributed by atoms with Crippen molar-refractivity contribution >= 4 is 74.2 Å². The first-order valence-electron chi connectivity index (χ1n) is 11.5. The zero-order chi connectivity index (χ0) is 28.3. The van der Waals surface area contributed by atoms with Crippen LogP contribution in [0.15, 0.2) is 82.8 Å². The van der Waals surface area contributed by atoms with Gasteiger partial charge in [-0.3, -0.25) is 9.10 Å². The van der Waals surface area contributed by atoms with E-state index in [4.69, 9.17) is 46.4 Å². The van der Waals surface area contributed by atoms with Crippen molar-refractivity contribution in [1.29, 1.82) is 0 Å². The molecule has 1 aromatic heterocycles. The SMILES string of the molecule is Cc1cc(/C=N\NC(=O)CN(c2cc(Cl)cc(Cl)c2)S(=O)(=O)c2ccccc2)c(C)n1-c1ccc(Cl)cc1Cl. The van der Waals surface area contributed by atoms with Crippen molar-refractivity contribution < 1.29 is 13.2 Å². The van der Waals surface area contributed by atoms with Crippen molar-refractivity contribution in [1.82, 2.24) is 9.99 Å². The Morgan fingerprint density at radius 3 is 2.23 bits per heavy atom. The van der Waals surface area contributed by atoms with Gasteiger partial charge in [0.2, 0.25) is 0 Å². The number of hydrogen-bond acceptors (Lipinski definition) is 4. The Labute approximate surface area is 246 Å². The first kappa shape index (κ1) is 29.0. The maximum absolute atomic E-state index is 13.5. The molecule has 202 valence electrons. The third-order valence-electron chi connectivity index (χ3n) is 5.77. The summed E-state index contributed by atoms with van der Waals surface area (Å²) < 4.78 is 29.8. The molecule has 0 aliphatic rings. The molecule has 1 heterocycles. The molecule has 4 aromatic rings. The van der Waals surface area contributed by atoms with Gasteiger partial charge in [-0.05, 0) is 68.4 Å². The Morgan fingerprint density at radius 1 is 0.923 bits per heavy atom. The maximum Gasteiger partial charge on any atom is 0.264 e. The number of anilines is 1. The molecule has 0 bridgehead atoms. The van der Waals surface area contributed by atoms with Crippen molar-refractivity contribution in [2.45, 2.75) is 18.7 Å². The number of benzene rings is 3. The van der Waals surface area contributed by atoms with Crippen LogP contribution in [0.3, 0.4) is 0 Å². The average Bonchev–Trinajstić information content (AvgIpc) is 3.15. The Kier molecular flexibility index (Phi) is 8.93. The van der Waals surface area contributed by atoms with Crippen molar-refractivity contribution in [2.75, 3.05) is 10.8 Å². The second-order valence-corrected chi connectivity index (χ2v) is 12.1. The Morgan fingerprint density at radius 2 is 1.59 bits per heavy atom. The van der Waals surface area contributed by atoms with Gasteiger partial charge in [-0.1, -0.05) is 64.6 Å². The van der Waals surface area contributed by atoms with Crippen LogP contribution in [-0.2, 0) is 14.8 Å². The second kappa shape index (κ2) is 12.0. The summed E-state index contributed by atoms with van der Waals surface area (Å²) in [7, 11) is -4.13. The highest BCUT2D eigenvalue weighted by atomic mass is 35.5. The number of aromatic nitrogens is 1. The summed E-state index contributed by atoms with van der Waals surface area (Å²) in [5.74, 6) is -0.670. The van der Waals surface area contributed by atoms with Gasteiger partial charge in [0.15, 0.2) is 0 Å². The number of hydrazone groups is 1. The predicted molar refractivity (Wildman–Crippen MR) is 158 cm³/mol. The number of carbonyl (C=O) groups excluding carboxylic acids is 1. The third kappa shape index (κ3) is 6.59. The summed E-state index contributed by atoms with van der Waals surface area (Å²) in [5.41, 5.74) is 5.75. The fraction of sp³-hybridized carbons (Fsp3) is 0.111. The van der Waals surface area contributed by atoms with Gasteiger partial charge in [-0.25, -0.2) is 13.8 Å². The van der Waals surface area contributed by atoms with Gasteiger partial charge >= 0.3 is 0 Å². The summed E-state index contributed by atoms with van der Waals surface area (Å²) in [4.78, 5) is 12.9. The van der Waals surface area contributed by atoms with Gasteiger partial charge in [-0.2, -0.15) is 5.10 Å². The fourth-order valence-electron chi connectivity index (χ4n) is 4.01. The minimum Gasteiger partial charge on any atom is -0.316 e. The molecule has 1 N–H and O–H groups in total. The minimum atomic E-state index is -4.13. The zero-order valence-electron chi connectivity index (χ0n) is 20.7. The molecule has 0 fully saturated rings. The Hall–Kier alpha value is -3.01. The van der Waals surface area contributed by atoms with E-state index in [2.05, 4.69) is 10.5 Å². The molecule has 0 aliphatic carbocycles. The number of carbonyl (C=O) groups is 1. The van der Waals surface area contributed by atoms with Gasteiger partial charge in [-0.15, -0.1) is 0 Å². The molecule has 12 heteroatoms. The van der Waals surface area contributed by atoms with E-state index in [9.17, 15) is 13.2 Å². The molecular formula is C27H22Cl4N4O3S. The molecule has 1 amide bonds. The lowest BCUT2D eigenvalue weighted by atomic mass is 10.2. The molecule has 39 heavy (non-hydrogen) atoms. The predicted octanol–water partition coefficient (Wildman–Crippen LogP) is 7.05. The number of nitrogens with zero attached hydrogens (tertiary/aromatic N) is 3. The number of aryl methyl sites for hydroxylation is 1. The number of sulfonamides is 1.